The monoisotopic (exact) mass is 334 g/mol. The molecule has 0 spiro atoms. The number of halogens is 2. The molecule has 0 saturated carbocycles. The Morgan fingerprint density at radius 2 is 1.86 bits per heavy atom. The van der Waals surface area contributed by atoms with Crippen LogP contribution in [0.25, 0.3) is 0 Å². The fraction of sp³-hybridized carbons (Fsp3) is 0.278. The summed E-state index contributed by atoms with van der Waals surface area (Å²) in [5.74, 6) is 0.425. The van der Waals surface area contributed by atoms with Crippen LogP contribution in [0.2, 0.25) is 10.0 Å². The number of rotatable bonds is 4. The van der Waals surface area contributed by atoms with Gasteiger partial charge in [-0.15, -0.1) is 0 Å². The van der Waals surface area contributed by atoms with E-state index in [2.05, 4.69) is 6.07 Å². The lowest BCUT2D eigenvalue weighted by Gasteiger charge is -2.15. The number of aryl methyl sites for hydroxylation is 2. The molecule has 0 unspecified atom stereocenters. The standard InChI is InChI=1S/C18H16Cl2O2/c1-11(22-17-8-7-15(19)10-16(17)20)18(21)14-6-5-12-3-2-4-13(12)9-14/h5-11H,2-4H2,1H3/t11-/m0/s1. The van der Waals surface area contributed by atoms with Gasteiger partial charge in [0.2, 0.25) is 5.78 Å². The van der Waals surface area contributed by atoms with Crippen LogP contribution in [0, 0.1) is 0 Å². The van der Waals surface area contributed by atoms with Gasteiger partial charge in [-0.1, -0.05) is 35.3 Å². The lowest BCUT2D eigenvalue weighted by atomic mass is 10.0. The molecular weight excluding hydrogens is 319 g/mol. The molecule has 0 radical (unpaired) electrons. The second kappa shape index (κ2) is 6.31. The maximum Gasteiger partial charge on any atom is 0.203 e. The fourth-order valence-corrected chi connectivity index (χ4v) is 3.23. The summed E-state index contributed by atoms with van der Waals surface area (Å²) in [4.78, 5) is 12.5. The molecule has 2 aromatic rings. The van der Waals surface area contributed by atoms with Crippen LogP contribution in [-0.4, -0.2) is 11.9 Å². The molecule has 0 bridgehead atoms. The average Bonchev–Trinajstić information content (AvgIpc) is 2.96. The summed E-state index contributed by atoms with van der Waals surface area (Å²) < 4.78 is 5.70. The van der Waals surface area contributed by atoms with Gasteiger partial charge in [0.1, 0.15) is 5.75 Å². The van der Waals surface area contributed by atoms with E-state index in [1.54, 1.807) is 25.1 Å². The number of hydrogen-bond acceptors (Lipinski definition) is 2. The zero-order chi connectivity index (χ0) is 15.7. The molecule has 4 heteroatoms. The summed E-state index contributed by atoms with van der Waals surface area (Å²) in [5, 5.41) is 0.941. The van der Waals surface area contributed by atoms with Gasteiger partial charge >= 0.3 is 0 Å². The molecule has 0 aromatic heterocycles. The van der Waals surface area contributed by atoms with E-state index in [0.29, 0.717) is 21.4 Å². The van der Waals surface area contributed by atoms with E-state index in [1.807, 2.05) is 12.1 Å². The topological polar surface area (TPSA) is 26.3 Å². The van der Waals surface area contributed by atoms with Crippen molar-refractivity contribution in [1.29, 1.82) is 0 Å². The Kier molecular flexibility index (Phi) is 4.42. The molecule has 114 valence electrons. The van der Waals surface area contributed by atoms with Gasteiger partial charge in [0.25, 0.3) is 0 Å². The first-order valence-electron chi connectivity index (χ1n) is 7.32. The SMILES string of the molecule is C[C@H](Oc1ccc(Cl)cc1Cl)C(=O)c1ccc2c(c1)CCC2. The summed E-state index contributed by atoms with van der Waals surface area (Å²) in [5.41, 5.74) is 3.33. The quantitative estimate of drug-likeness (QED) is 0.724. The van der Waals surface area contributed by atoms with Crippen molar-refractivity contribution in [1.82, 2.24) is 0 Å². The van der Waals surface area contributed by atoms with Gasteiger partial charge < -0.3 is 4.74 Å². The predicted octanol–water partition coefficient (Wildman–Crippen LogP) is 5.13. The minimum atomic E-state index is -0.599. The molecule has 0 aliphatic heterocycles. The third kappa shape index (κ3) is 3.13. The van der Waals surface area contributed by atoms with E-state index in [4.69, 9.17) is 27.9 Å². The minimum Gasteiger partial charge on any atom is -0.481 e. The van der Waals surface area contributed by atoms with Crippen LogP contribution in [0.15, 0.2) is 36.4 Å². The summed E-state index contributed by atoms with van der Waals surface area (Å²) in [6.07, 6.45) is 2.72. The van der Waals surface area contributed by atoms with Gasteiger partial charge in [0, 0.05) is 10.6 Å². The Balaban J connectivity index is 1.77. The highest BCUT2D eigenvalue weighted by Crippen LogP contribution is 2.29. The normalized spacial score (nSPS) is 14.5. The van der Waals surface area contributed by atoms with E-state index in [-0.39, 0.29) is 5.78 Å². The fourth-order valence-electron chi connectivity index (χ4n) is 2.77. The van der Waals surface area contributed by atoms with E-state index in [1.165, 1.54) is 17.5 Å². The lowest BCUT2D eigenvalue weighted by molar-refractivity contribution is 0.0818. The molecule has 1 aliphatic carbocycles. The summed E-state index contributed by atoms with van der Waals surface area (Å²) in [7, 11) is 0. The van der Waals surface area contributed by atoms with E-state index in [0.717, 1.165) is 12.8 Å². The number of Topliss-reactive ketones (excluding diaryl/α,β-unsaturated/α-hetero) is 1. The van der Waals surface area contributed by atoms with Crippen LogP contribution >= 0.6 is 23.2 Å². The van der Waals surface area contributed by atoms with Gasteiger partial charge in [-0.25, -0.2) is 0 Å². The Hall–Kier alpha value is -1.51. The van der Waals surface area contributed by atoms with Crippen LogP contribution in [-0.2, 0) is 12.8 Å². The first kappa shape index (κ1) is 15.4. The van der Waals surface area contributed by atoms with Crippen molar-refractivity contribution in [2.24, 2.45) is 0 Å². The Bertz CT molecular complexity index is 725. The van der Waals surface area contributed by atoms with Crippen molar-refractivity contribution < 1.29 is 9.53 Å². The maximum absolute atomic E-state index is 12.5. The van der Waals surface area contributed by atoms with Gasteiger partial charge in [-0.2, -0.15) is 0 Å². The minimum absolute atomic E-state index is 0.0410. The molecule has 0 fully saturated rings. The van der Waals surface area contributed by atoms with E-state index in [9.17, 15) is 4.79 Å². The highest BCUT2D eigenvalue weighted by molar-refractivity contribution is 6.35. The highest BCUT2D eigenvalue weighted by atomic mass is 35.5. The Labute approximate surface area is 140 Å². The molecule has 2 nitrogen and oxygen atoms in total. The third-order valence-electron chi connectivity index (χ3n) is 3.95. The smallest absolute Gasteiger partial charge is 0.203 e. The van der Waals surface area contributed by atoms with Gasteiger partial charge in [-0.05, 0) is 61.6 Å². The van der Waals surface area contributed by atoms with Crippen molar-refractivity contribution in [3.05, 3.63) is 63.1 Å². The molecule has 0 heterocycles. The van der Waals surface area contributed by atoms with Crippen LogP contribution in [0.3, 0.4) is 0 Å². The Morgan fingerprint density at radius 3 is 2.64 bits per heavy atom. The largest absolute Gasteiger partial charge is 0.481 e. The van der Waals surface area contributed by atoms with E-state index < -0.39 is 6.10 Å². The number of carbonyl (C=O) groups is 1. The van der Waals surface area contributed by atoms with Gasteiger partial charge in [0.05, 0.1) is 5.02 Å². The molecule has 0 N–H and O–H groups in total. The second-order valence-electron chi connectivity index (χ2n) is 5.54. The van der Waals surface area contributed by atoms with Crippen molar-refractivity contribution in [2.45, 2.75) is 32.3 Å². The summed E-state index contributed by atoms with van der Waals surface area (Å²) in [6, 6.07) is 10.9. The predicted molar refractivity (Wildman–Crippen MR) is 89.3 cm³/mol. The van der Waals surface area contributed by atoms with Crippen molar-refractivity contribution in [3.8, 4) is 5.75 Å². The molecule has 22 heavy (non-hydrogen) atoms. The highest BCUT2D eigenvalue weighted by Gasteiger charge is 2.20. The maximum atomic E-state index is 12.5. The van der Waals surface area contributed by atoms with Gasteiger partial charge in [-0.3, -0.25) is 4.79 Å². The molecular formula is C18H16Cl2O2. The first-order chi connectivity index (χ1) is 10.5. The van der Waals surface area contributed by atoms with E-state index >= 15 is 0 Å². The molecule has 1 atom stereocenters. The molecule has 0 amide bonds. The van der Waals surface area contributed by atoms with Crippen molar-refractivity contribution >= 4 is 29.0 Å². The zero-order valence-electron chi connectivity index (χ0n) is 12.2. The van der Waals surface area contributed by atoms with Crippen LogP contribution in [0.5, 0.6) is 5.75 Å². The summed E-state index contributed by atoms with van der Waals surface area (Å²) >= 11 is 11.9. The van der Waals surface area contributed by atoms with Crippen molar-refractivity contribution in [2.75, 3.05) is 0 Å². The van der Waals surface area contributed by atoms with Crippen LogP contribution in [0.1, 0.15) is 34.8 Å². The average molecular weight is 335 g/mol. The number of ketones is 1. The van der Waals surface area contributed by atoms with Crippen LogP contribution < -0.4 is 4.74 Å². The number of benzene rings is 2. The third-order valence-corrected chi connectivity index (χ3v) is 4.48. The summed E-state index contributed by atoms with van der Waals surface area (Å²) in [6.45, 7) is 1.74. The molecule has 1 aliphatic rings. The zero-order valence-corrected chi connectivity index (χ0v) is 13.7. The Morgan fingerprint density at radius 1 is 1.09 bits per heavy atom. The number of hydrogen-bond donors (Lipinski definition) is 0. The first-order valence-corrected chi connectivity index (χ1v) is 8.08. The van der Waals surface area contributed by atoms with Gasteiger partial charge in [0.15, 0.2) is 6.10 Å². The second-order valence-corrected chi connectivity index (χ2v) is 6.38. The molecule has 2 aromatic carbocycles. The van der Waals surface area contributed by atoms with Crippen molar-refractivity contribution in [3.63, 3.8) is 0 Å². The number of carbonyl (C=O) groups excluding carboxylic acids is 1. The molecule has 3 rings (SSSR count). The lowest BCUT2D eigenvalue weighted by Crippen LogP contribution is -2.24. The van der Waals surface area contributed by atoms with Crippen LogP contribution in [0.4, 0.5) is 0 Å². The number of ether oxygens (including phenoxy) is 1. The molecule has 0 saturated heterocycles. The number of fused-ring (bicyclic) bond motifs is 1.